The first-order valence-electron chi connectivity index (χ1n) is 5.39. The summed E-state index contributed by atoms with van der Waals surface area (Å²) < 4.78 is 10.2. The molecule has 100 valence electrons. The zero-order chi connectivity index (χ0) is 13.7. The van der Waals surface area contributed by atoms with Crippen molar-refractivity contribution < 1.29 is 23.5 Å². The minimum atomic E-state index is -1.40. The van der Waals surface area contributed by atoms with E-state index in [0.29, 0.717) is 5.76 Å². The molecule has 0 saturated heterocycles. The highest BCUT2D eigenvalue weighted by molar-refractivity contribution is 5.97. The maximum absolute atomic E-state index is 11.8. The molecular formula is C11H10N3O5-. The van der Waals surface area contributed by atoms with Gasteiger partial charge in [-0.2, -0.15) is 0 Å². The molecule has 0 fully saturated rings. The lowest BCUT2D eigenvalue weighted by Crippen LogP contribution is -2.41. The number of carbonyl (C=O) groups excluding carboxylic acids is 2. The SMILES string of the molecule is O=C([O-])NCCNC(=O)c1ncoc1-c1ccco1. The quantitative estimate of drug-likeness (QED) is 0.709. The van der Waals surface area contributed by atoms with E-state index in [0.717, 1.165) is 6.39 Å². The molecule has 8 heteroatoms. The Balaban J connectivity index is 1.97. The van der Waals surface area contributed by atoms with Crippen molar-refractivity contribution in [2.24, 2.45) is 0 Å². The van der Waals surface area contributed by atoms with Crippen molar-refractivity contribution in [1.29, 1.82) is 0 Å². The van der Waals surface area contributed by atoms with Gasteiger partial charge >= 0.3 is 0 Å². The van der Waals surface area contributed by atoms with E-state index in [1.807, 2.05) is 5.32 Å². The summed E-state index contributed by atoms with van der Waals surface area (Å²) >= 11 is 0. The van der Waals surface area contributed by atoms with E-state index in [2.05, 4.69) is 10.3 Å². The van der Waals surface area contributed by atoms with Gasteiger partial charge in [-0.1, -0.05) is 0 Å². The third-order valence-electron chi connectivity index (χ3n) is 2.21. The molecule has 0 unspecified atom stereocenters. The van der Waals surface area contributed by atoms with Crippen LogP contribution >= 0.6 is 0 Å². The van der Waals surface area contributed by atoms with Crippen molar-refractivity contribution >= 4 is 12.0 Å². The van der Waals surface area contributed by atoms with Gasteiger partial charge in [-0.25, -0.2) is 4.98 Å². The molecule has 0 bridgehead atoms. The molecule has 0 atom stereocenters. The van der Waals surface area contributed by atoms with Gasteiger partial charge in [0.15, 0.2) is 17.8 Å². The largest absolute Gasteiger partial charge is 0.530 e. The van der Waals surface area contributed by atoms with Gasteiger partial charge in [0.1, 0.15) is 6.09 Å². The lowest BCUT2D eigenvalue weighted by molar-refractivity contribution is -0.250. The molecular weight excluding hydrogens is 254 g/mol. The summed E-state index contributed by atoms with van der Waals surface area (Å²) in [4.78, 5) is 25.7. The lowest BCUT2D eigenvalue weighted by Gasteiger charge is -2.07. The average Bonchev–Trinajstić information content (AvgIpc) is 3.02. The third-order valence-corrected chi connectivity index (χ3v) is 2.21. The first-order chi connectivity index (χ1) is 9.18. The summed E-state index contributed by atoms with van der Waals surface area (Å²) in [5, 5.41) is 14.6. The van der Waals surface area contributed by atoms with Crippen LogP contribution in [0.15, 0.2) is 33.6 Å². The molecule has 2 N–H and O–H groups in total. The number of amides is 2. The Morgan fingerprint density at radius 3 is 2.74 bits per heavy atom. The maximum atomic E-state index is 11.8. The summed E-state index contributed by atoms with van der Waals surface area (Å²) in [7, 11) is 0. The molecule has 2 amide bonds. The van der Waals surface area contributed by atoms with Crippen molar-refractivity contribution in [1.82, 2.24) is 15.6 Å². The molecule has 0 aliphatic carbocycles. The fraction of sp³-hybridized carbons (Fsp3) is 0.182. The Morgan fingerprint density at radius 1 is 1.26 bits per heavy atom. The van der Waals surface area contributed by atoms with Gasteiger partial charge in [-0.05, 0) is 12.1 Å². The number of hydrogen-bond acceptors (Lipinski definition) is 6. The van der Waals surface area contributed by atoms with Gasteiger partial charge in [0, 0.05) is 13.1 Å². The maximum Gasteiger partial charge on any atom is 0.274 e. The normalized spacial score (nSPS) is 10.1. The van der Waals surface area contributed by atoms with Crippen LogP contribution in [0.2, 0.25) is 0 Å². The summed E-state index contributed by atoms with van der Waals surface area (Å²) in [5.41, 5.74) is 0.0726. The summed E-state index contributed by atoms with van der Waals surface area (Å²) in [6.07, 6.45) is 1.18. The first-order valence-corrected chi connectivity index (χ1v) is 5.39. The number of furan rings is 1. The van der Waals surface area contributed by atoms with Crippen LogP contribution in [0.4, 0.5) is 4.79 Å². The summed E-state index contributed by atoms with van der Waals surface area (Å²) in [6, 6.07) is 3.29. The van der Waals surface area contributed by atoms with Crippen LogP contribution in [-0.4, -0.2) is 30.1 Å². The van der Waals surface area contributed by atoms with Crippen LogP contribution in [0.1, 0.15) is 10.5 Å². The lowest BCUT2D eigenvalue weighted by atomic mass is 10.2. The molecule has 0 radical (unpaired) electrons. The Hall–Kier alpha value is -2.77. The summed E-state index contributed by atoms with van der Waals surface area (Å²) in [6.45, 7) is 0.152. The van der Waals surface area contributed by atoms with Crippen LogP contribution in [0.5, 0.6) is 0 Å². The van der Waals surface area contributed by atoms with Crippen molar-refractivity contribution in [3.63, 3.8) is 0 Å². The standard InChI is InChI=1S/C11H11N3O5/c15-10(12-3-4-13-11(16)17)8-9(19-6-14-8)7-2-1-5-18-7/h1-2,5-6,13H,3-4H2,(H,12,15)(H,16,17)/p-1. The highest BCUT2D eigenvalue weighted by Crippen LogP contribution is 2.23. The molecule has 0 aromatic carbocycles. The van der Waals surface area contributed by atoms with Crippen molar-refractivity contribution in [2.75, 3.05) is 13.1 Å². The van der Waals surface area contributed by atoms with E-state index in [1.54, 1.807) is 12.1 Å². The Morgan fingerprint density at radius 2 is 2.05 bits per heavy atom. The average molecular weight is 264 g/mol. The minimum Gasteiger partial charge on any atom is -0.530 e. The number of hydrogen-bond donors (Lipinski definition) is 2. The van der Waals surface area contributed by atoms with Crippen molar-refractivity contribution in [3.8, 4) is 11.5 Å². The predicted molar refractivity (Wildman–Crippen MR) is 59.9 cm³/mol. The molecule has 8 nitrogen and oxygen atoms in total. The number of carbonyl (C=O) groups is 2. The molecule has 19 heavy (non-hydrogen) atoms. The van der Waals surface area contributed by atoms with Gasteiger partial charge < -0.3 is 29.4 Å². The number of aromatic nitrogens is 1. The zero-order valence-electron chi connectivity index (χ0n) is 9.71. The van der Waals surface area contributed by atoms with Gasteiger partial charge in [0.2, 0.25) is 5.76 Å². The Kier molecular flexibility index (Phi) is 3.81. The van der Waals surface area contributed by atoms with E-state index in [9.17, 15) is 14.7 Å². The predicted octanol–water partition coefficient (Wildman–Crippen LogP) is -0.403. The highest BCUT2D eigenvalue weighted by atomic mass is 16.4. The smallest absolute Gasteiger partial charge is 0.274 e. The number of rotatable bonds is 5. The number of nitrogens with zero attached hydrogens (tertiary/aromatic N) is 1. The fourth-order valence-electron chi connectivity index (χ4n) is 1.41. The number of nitrogens with one attached hydrogen (secondary N) is 2. The molecule has 0 saturated carbocycles. The number of carboxylic acid groups (broad SMARTS) is 1. The van der Waals surface area contributed by atoms with Crippen molar-refractivity contribution in [3.05, 3.63) is 30.5 Å². The summed E-state index contributed by atoms with van der Waals surface area (Å²) in [5.74, 6) is 0.117. The first kappa shape index (κ1) is 12.7. The van der Waals surface area contributed by atoms with Gasteiger partial charge in [0.05, 0.1) is 6.26 Å². The molecule has 0 aliphatic heterocycles. The van der Waals surface area contributed by atoms with E-state index in [4.69, 9.17) is 8.83 Å². The van der Waals surface area contributed by atoms with Crippen LogP contribution in [0.25, 0.3) is 11.5 Å². The van der Waals surface area contributed by atoms with E-state index in [1.165, 1.54) is 6.26 Å². The zero-order valence-corrected chi connectivity index (χ0v) is 9.71. The second kappa shape index (κ2) is 5.71. The van der Waals surface area contributed by atoms with E-state index < -0.39 is 12.0 Å². The van der Waals surface area contributed by atoms with Crippen LogP contribution in [-0.2, 0) is 0 Å². The molecule has 0 spiro atoms. The van der Waals surface area contributed by atoms with Crippen LogP contribution in [0, 0.1) is 0 Å². The Labute approximate surface area is 107 Å². The van der Waals surface area contributed by atoms with Crippen LogP contribution in [0.3, 0.4) is 0 Å². The topological polar surface area (TPSA) is 120 Å². The second-order valence-corrected chi connectivity index (χ2v) is 3.48. The monoisotopic (exact) mass is 264 g/mol. The highest BCUT2D eigenvalue weighted by Gasteiger charge is 2.19. The van der Waals surface area contributed by atoms with Crippen LogP contribution < -0.4 is 15.7 Å². The third kappa shape index (κ3) is 3.12. The molecule has 2 rings (SSSR count). The molecule has 2 heterocycles. The fourth-order valence-corrected chi connectivity index (χ4v) is 1.41. The molecule has 0 aliphatic rings. The minimum absolute atomic E-state index is 0.0437. The van der Waals surface area contributed by atoms with E-state index in [-0.39, 0.29) is 24.5 Å². The van der Waals surface area contributed by atoms with E-state index >= 15 is 0 Å². The van der Waals surface area contributed by atoms with Gasteiger partial charge in [0.25, 0.3) is 5.91 Å². The van der Waals surface area contributed by atoms with Gasteiger partial charge in [-0.15, -0.1) is 0 Å². The molecule has 2 aromatic rings. The van der Waals surface area contributed by atoms with Gasteiger partial charge in [-0.3, -0.25) is 4.79 Å². The Bertz CT molecular complexity index is 561. The number of oxazole rings is 1. The second-order valence-electron chi connectivity index (χ2n) is 3.48. The van der Waals surface area contributed by atoms with Crippen molar-refractivity contribution in [2.45, 2.75) is 0 Å². The molecule has 2 aromatic heterocycles.